The minimum absolute atomic E-state index is 0.100. The number of rotatable bonds is 5. The number of likely N-dealkylation sites (tertiary alicyclic amines) is 1. The highest BCUT2D eigenvalue weighted by Gasteiger charge is 2.28. The number of carbonyl (C=O) groups is 2. The molecule has 2 N–H and O–H groups in total. The topological polar surface area (TPSA) is 81.9 Å². The molecular weight excluding hydrogens is 320 g/mol. The van der Waals surface area contributed by atoms with Crippen molar-refractivity contribution in [1.82, 2.24) is 4.90 Å². The van der Waals surface area contributed by atoms with Gasteiger partial charge in [0.05, 0.1) is 19.1 Å². The second kappa shape index (κ2) is 7.76. The number of carbonyl (C=O) groups excluding carboxylic acids is 2. The normalized spacial score (nSPS) is 21.2. The van der Waals surface area contributed by atoms with E-state index >= 15 is 0 Å². The van der Waals surface area contributed by atoms with E-state index in [4.69, 9.17) is 15.2 Å². The molecule has 0 aromatic heterocycles. The summed E-state index contributed by atoms with van der Waals surface area (Å²) >= 11 is 0. The Hall–Kier alpha value is -2.24. The Bertz CT molecular complexity index is 640. The van der Waals surface area contributed by atoms with Crippen LogP contribution >= 0.6 is 0 Å². The molecule has 1 aromatic rings. The van der Waals surface area contributed by atoms with Crippen molar-refractivity contribution in [3.63, 3.8) is 0 Å². The van der Waals surface area contributed by atoms with Crippen LogP contribution in [0, 0.1) is 5.92 Å². The fourth-order valence-corrected chi connectivity index (χ4v) is 3.66. The Balaban J connectivity index is 1.73. The minimum Gasteiger partial charge on any atom is -0.493 e. The molecule has 2 aliphatic rings. The fourth-order valence-electron chi connectivity index (χ4n) is 3.66. The highest BCUT2D eigenvalue weighted by atomic mass is 16.5. The van der Waals surface area contributed by atoms with Gasteiger partial charge in [0.15, 0.2) is 11.5 Å². The third kappa shape index (κ3) is 4.06. The van der Waals surface area contributed by atoms with Crippen LogP contribution in [-0.4, -0.2) is 43.0 Å². The third-order valence-electron chi connectivity index (χ3n) is 5.12. The summed E-state index contributed by atoms with van der Waals surface area (Å²) in [6.45, 7) is 1.03. The van der Waals surface area contributed by atoms with Gasteiger partial charge in [-0.1, -0.05) is 0 Å². The van der Waals surface area contributed by atoms with E-state index in [1.165, 1.54) is 12.8 Å². The standard InChI is InChI=1S/C19H26N2O4/c1-24-17-11-13(8-9-16(17)25-15-6-2-3-7-15)19(23)21-10-4-5-14(12-21)18(20)22/h8-9,11,14-15H,2-7,10,12H2,1H3,(H2,20,22)/t14-/m0/s1. The zero-order chi connectivity index (χ0) is 17.8. The number of hydrogen-bond donors (Lipinski definition) is 1. The van der Waals surface area contributed by atoms with Crippen LogP contribution in [0.4, 0.5) is 0 Å². The van der Waals surface area contributed by atoms with Crippen LogP contribution in [0.3, 0.4) is 0 Å². The van der Waals surface area contributed by atoms with Crippen LogP contribution in [0.5, 0.6) is 11.5 Å². The largest absolute Gasteiger partial charge is 0.493 e. The number of ether oxygens (including phenoxy) is 2. The molecule has 0 unspecified atom stereocenters. The first-order valence-corrected chi connectivity index (χ1v) is 9.01. The van der Waals surface area contributed by atoms with Crippen molar-refractivity contribution in [2.75, 3.05) is 20.2 Å². The van der Waals surface area contributed by atoms with Gasteiger partial charge in [-0.2, -0.15) is 0 Å². The number of hydrogen-bond acceptors (Lipinski definition) is 4. The van der Waals surface area contributed by atoms with Gasteiger partial charge in [0, 0.05) is 18.7 Å². The number of primary amides is 1. The van der Waals surface area contributed by atoms with E-state index in [0.29, 0.717) is 30.2 Å². The molecule has 1 aromatic carbocycles. The van der Waals surface area contributed by atoms with Gasteiger partial charge < -0.3 is 20.1 Å². The van der Waals surface area contributed by atoms with Gasteiger partial charge in [-0.25, -0.2) is 0 Å². The maximum Gasteiger partial charge on any atom is 0.254 e. The van der Waals surface area contributed by atoms with Crippen molar-refractivity contribution in [2.45, 2.75) is 44.6 Å². The number of nitrogens with two attached hydrogens (primary N) is 1. The molecule has 2 amide bonds. The van der Waals surface area contributed by atoms with Crippen molar-refractivity contribution in [3.05, 3.63) is 23.8 Å². The predicted octanol–water partition coefficient (Wildman–Crippen LogP) is 2.35. The molecule has 0 radical (unpaired) electrons. The average Bonchev–Trinajstić information content (AvgIpc) is 3.14. The van der Waals surface area contributed by atoms with Crippen molar-refractivity contribution in [1.29, 1.82) is 0 Å². The van der Waals surface area contributed by atoms with E-state index in [1.807, 2.05) is 0 Å². The number of piperidine rings is 1. The lowest BCUT2D eigenvalue weighted by atomic mass is 9.97. The van der Waals surface area contributed by atoms with Gasteiger partial charge in [0.2, 0.25) is 5.91 Å². The van der Waals surface area contributed by atoms with E-state index < -0.39 is 0 Å². The maximum absolute atomic E-state index is 12.8. The quantitative estimate of drug-likeness (QED) is 0.887. The number of methoxy groups -OCH3 is 1. The fraction of sp³-hybridized carbons (Fsp3) is 0.579. The Labute approximate surface area is 148 Å². The molecule has 1 saturated heterocycles. The highest BCUT2D eigenvalue weighted by Crippen LogP contribution is 2.33. The summed E-state index contributed by atoms with van der Waals surface area (Å²) in [5.74, 6) is 0.553. The Morgan fingerprint density at radius 3 is 2.56 bits per heavy atom. The summed E-state index contributed by atoms with van der Waals surface area (Å²) < 4.78 is 11.4. The first-order chi connectivity index (χ1) is 12.1. The molecule has 0 bridgehead atoms. The number of nitrogens with zero attached hydrogens (tertiary/aromatic N) is 1. The highest BCUT2D eigenvalue weighted by molar-refractivity contribution is 5.95. The molecule has 6 heteroatoms. The van der Waals surface area contributed by atoms with Crippen LogP contribution < -0.4 is 15.2 Å². The summed E-state index contributed by atoms with van der Waals surface area (Å²) in [6, 6.07) is 5.30. The molecule has 1 aliphatic carbocycles. The Kier molecular flexibility index (Phi) is 5.46. The lowest BCUT2D eigenvalue weighted by Crippen LogP contribution is -2.44. The molecule has 25 heavy (non-hydrogen) atoms. The molecule has 1 saturated carbocycles. The molecule has 0 spiro atoms. The van der Waals surface area contributed by atoms with Crippen LogP contribution in [0.2, 0.25) is 0 Å². The first kappa shape index (κ1) is 17.6. The summed E-state index contributed by atoms with van der Waals surface area (Å²) in [5, 5.41) is 0. The SMILES string of the molecule is COc1cc(C(=O)N2CCC[C@H](C(N)=O)C2)ccc1OC1CCCC1. The summed E-state index contributed by atoms with van der Waals surface area (Å²) in [6.07, 6.45) is 6.28. The molecular formula is C19H26N2O4. The van der Waals surface area contributed by atoms with Crippen LogP contribution in [0.1, 0.15) is 48.9 Å². The number of benzene rings is 1. The summed E-state index contributed by atoms with van der Waals surface area (Å²) in [7, 11) is 1.58. The van der Waals surface area contributed by atoms with E-state index in [-0.39, 0.29) is 23.8 Å². The van der Waals surface area contributed by atoms with Crippen LogP contribution in [0.15, 0.2) is 18.2 Å². The van der Waals surface area contributed by atoms with Crippen molar-refractivity contribution in [2.24, 2.45) is 11.7 Å². The predicted molar refractivity (Wildman–Crippen MR) is 93.7 cm³/mol. The third-order valence-corrected chi connectivity index (χ3v) is 5.12. The molecule has 3 rings (SSSR count). The molecule has 1 heterocycles. The van der Waals surface area contributed by atoms with Gasteiger partial charge in [0.25, 0.3) is 5.91 Å². The van der Waals surface area contributed by atoms with E-state index in [2.05, 4.69) is 0 Å². The minimum atomic E-state index is -0.338. The molecule has 1 atom stereocenters. The maximum atomic E-state index is 12.8. The average molecular weight is 346 g/mol. The van der Waals surface area contributed by atoms with E-state index in [0.717, 1.165) is 25.7 Å². The van der Waals surface area contributed by atoms with Gasteiger partial charge >= 0.3 is 0 Å². The van der Waals surface area contributed by atoms with Gasteiger partial charge in [-0.3, -0.25) is 9.59 Å². The number of amides is 2. The first-order valence-electron chi connectivity index (χ1n) is 9.01. The Morgan fingerprint density at radius 2 is 1.88 bits per heavy atom. The molecule has 2 fully saturated rings. The van der Waals surface area contributed by atoms with Gasteiger partial charge in [-0.05, 0) is 56.7 Å². The zero-order valence-corrected chi connectivity index (χ0v) is 14.7. The smallest absolute Gasteiger partial charge is 0.254 e. The summed E-state index contributed by atoms with van der Waals surface area (Å²) in [5.41, 5.74) is 5.94. The van der Waals surface area contributed by atoms with Crippen molar-refractivity contribution in [3.8, 4) is 11.5 Å². The monoisotopic (exact) mass is 346 g/mol. The van der Waals surface area contributed by atoms with Crippen molar-refractivity contribution < 1.29 is 19.1 Å². The lowest BCUT2D eigenvalue weighted by molar-refractivity contribution is -0.123. The van der Waals surface area contributed by atoms with Crippen molar-refractivity contribution >= 4 is 11.8 Å². The summed E-state index contributed by atoms with van der Waals surface area (Å²) in [4.78, 5) is 25.9. The van der Waals surface area contributed by atoms with E-state index in [1.54, 1.807) is 30.2 Å². The lowest BCUT2D eigenvalue weighted by Gasteiger charge is -2.31. The van der Waals surface area contributed by atoms with Gasteiger partial charge in [0.1, 0.15) is 0 Å². The van der Waals surface area contributed by atoms with E-state index in [9.17, 15) is 9.59 Å². The Morgan fingerprint density at radius 1 is 1.12 bits per heavy atom. The molecule has 1 aliphatic heterocycles. The van der Waals surface area contributed by atoms with Gasteiger partial charge in [-0.15, -0.1) is 0 Å². The second-order valence-electron chi connectivity index (χ2n) is 6.88. The second-order valence-corrected chi connectivity index (χ2v) is 6.88. The molecule has 6 nitrogen and oxygen atoms in total. The van der Waals surface area contributed by atoms with Crippen LogP contribution in [-0.2, 0) is 4.79 Å². The molecule has 136 valence electrons. The zero-order valence-electron chi connectivity index (χ0n) is 14.7. The van der Waals surface area contributed by atoms with Crippen LogP contribution in [0.25, 0.3) is 0 Å².